The quantitative estimate of drug-likeness (QED) is 0.918. The van der Waals surface area contributed by atoms with Gasteiger partial charge in [0.1, 0.15) is 0 Å². The molecular weight excluding hydrogens is 312 g/mol. The average Bonchev–Trinajstić information content (AvgIpc) is 3.23. The molecule has 3 atom stereocenters. The predicted molar refractivity (Wildman–Crippen MR) is 88.5 cm³/mol. The van der Waals surface area contributed by atoms with Gasteiger partial charge in [0.05, 0.1) is 16.6 Å². The summed E-state index contributed by atoms with van der Waals surface area (Å²) in [5.74, 6) is -0.694. The fourth-order valence-electron chi connectivity index (χ4n) is 3.74. The molecule has 3 rings (SSSR count). The molecule has 2 fully saturated rings. The molecule has 0 radical (unpaired) electrons. The number of amides is 1. The second kappa shape index (κ2) is 6.99. The molecule has 2 heterocycles. The molecule has 1 saturated heterocycles. The summed E-state index contributed by atoms with van der Waals surface area (Å²) in [7, 11) is 0. The number of aryl methyl sites for hydroxylation is 1. The highest BCUT2D eigenvalue weighted by atomic mass is 32.1. The lowest BCUT2D eigenvalue weighted by molar-refractivity contribution is -0.141. The van der Waals surface area contributed by atoms with Crippen molar-refractivity contribution in [3.8, 4) is 0 Å². The van der Waals surface area contributed by atoms with Crippen LogP contribution in [0.4, 0.5) is 0 Å². The van der Waals surface area contributed by atoms with Crippen molar-refractivity contribution < 1.29 is 14.7 Å². The normalized spacial score (nSPS) is 28.0. The van der Waals surface area contributed by atoms with E-state index in [1.165, 1.54) is 0 Å². The Kier molecular flexibility index (Phi) is 4.99. The van der Waals surface area contributed by atoms with Crippen LogP contribution in [0.25, 0.3) is 0 Å². The third-order valence-corrected chi connectivity index (χ3v) is 6.20. The first-order chi connectivity index (χ1) is 11.1. The smallest absolute Gasteiger partial charge is 0.306 e. The largest absolute Gasteiger partial charge is 0.481 e. The van der Waals surface area contributed by atoms with E-state index < -0.39 is 5.97 Å². The third-order valence-electron chi connectivity index (χ3n) is 5.15. The van der Waals surface area contributed by atoms with Gasteiger partial charge in [0.15, 0.2) is 0 Å². The number of likely N-dealkylation sites (tertiary alicyclic amines) is 1. The molecule has 1 aromatic rings. The molecule has 23 heavy (non-hydrogen) atoms. The number of carbonyl (C=O) groups is 2. The van der Waals surface area contributed by atoms with Crippen molar-refractivity contribution in [3.63, 3.8) is 0 Å². The second-order valence-corrected chi connectivity index (χ2v) is 7.59. The number of hydrogen-bond donors (Lipinski definition) is 1. The Labute approximate surface area is 140 Å². The van der Waals surface area contributed by atoms with Crippen molar-refractivity contribution in [3.05, 3.63) is 16.1 Å². The SMILES string of the molecule is CCc1csc(C2CCCN(C(=O)[C@@H]3CC[C@H](C(=O)O)C3)C2)n1. The number of thiazole rings is 1. The fraction of sp³-hybridized carbons (Fsp3) is 0.706. The van der Waals surface area contributed by atoms with Gasteiger partial charge in [-0.3, -0.25) is 9.59 Å². The summed E-state index contributed by atoms with van der Waals surface area (Å²) in [4.78, 5) is 30.4. The van der Waals surface area contributed by atoms with E-state index in [1.54, 1.807) is 11.3 Å². The minimum atomic E-state index is -0.758. The van der Waals surface area contributed by atoms with Crippen molar-refractivity contribution in [1.82, 2.24) is 9.88 Å². The Balaban J connectivity index is 1.62. The van der Waals surface area contributed by atoms with Gasteiger partial charge in [-0.05, 0) is 38.5 Å². The lowest BCUT2D eigenvalue weighted by Crippen LogP contribution is -2.42. The highest BCUT2D eigenvalue weighted by Crippen LogP contribution is 2.35. The van der Waals surface area contributed by atoms with Crippen LogP contribution in [0.5, 0.6) is 0 Å². The molecule has 1 saturated carbocycles. The molecule has 1 unspecified atom stereocenters. The molecule has 0 bridgehead atoms. The number of nitrogens with zero attached hydrogens (tertiary/aromatic N) is 2. The van der Waals surface area contributed by atoms with E-state index in [-0.39, 0.29) is 17.7 Å². The van der Waals surface area contributed by atoms with Crippen LogP contribution in [-0.2, 0) is 16.0 Å². The summed E-state index contributed by atoms with van der Waals surface area (Å²) >= 11 is 1.70. The number of piperidine rings is 1. The molecule has 0 spiro atoms. The predicted octanol–water partition coefficient (Wildman–Crippen LogP) is 2.91. The zero-order chi connectivity index (χ0) is 16.4. The van der Waals surface area contributed by atoms with E-state index in [4.69, 9.17) is 5.11 Å². The van der Waals surface area contributed by atoms with Crippen LogP contribution in [0.2, 0.25) is 0 Å². The molecule has 5 nitrogen and oxygen atoms in total. The molecule has 0 aromatic carbocycles. The van der Waals surface area contributed by atoms with E-state index in [2.05, 4.69) is 17.3 Å². The highest BCUT2D eigenvalue weighted by molar-refractivity contribution is 7.09. The molecule has 6 heteroatoms. The molecule has 1 N–H and O–H groups in total. The summed E-state index contributed by atoms with van der Waals surface area (Å²) in [6.07, 6.45) is 4.90. The standard InChI is InChI=1S/C17H24N2O3S/c1-2-14-10-23-15(18-14)13-4-3-7-19(9-13)16(20)11-5-6-12(8-11)17(21)22/h10-13H,2-9H2,1H3,(H,21,22)/t11-,12+,13?/m1/s1. The number of aliphatic carboxylic acids is 1. The molecule has 2 aliphatic rings. The van der Waals surface area contributed by atoms with Crippen molar-refractivity contribution >= 4 is 23.2 Å². The van der Waals surface area contributed by atoms with Gasteiger partial charge in [0.25, 0.3) is 0 Å². The van der Waals surface area contributed by atoms with Crippen LogP contribution < -0.4 is 0 Å². The summed E-state index contributed by atoms with van der Waals surface area (Å²) in [5.41, 5.74) is 1.13. The molecule has 1 aliphatic heterocycles. The minimum absolute atomic E-state index is 0.0997. The molecule has 1 amide bonds. The van der Waals surface area contributed by atoms with Crippen LogP contribution in [0, 0.1) is 11.8 Å². The van der Waals surface area contributed by atoms with Crippen LogP contribution >= 0.6 is 11.3 Å². The van der Waals surface area contributed by atoms with E-state index in [1.807, 2.05) is 4.90 Å². The van der Waals surface area contributed by atoms with Gasteiger partial charge in [0.2, 0.25) is 5.91 Å². The number of rotatable bonds is 4. The van der Waals surface area contributed by atoms with Crippen molar-refractivity contribution in [2.45, 2.75) is 51.4 Å². The van der Waals surface area contributed by atoms with Crippen LogP contribution in [-0.4, -0.2) is 40.0 Å². The number of aromatic nitrogens is 1. The number of carbonyl (C=O) groups excluding carboxylic acids is 1. The molecule has 1 aliphatic carbocycles. The van der Waals surface area contributed by atoms with Crippen molar-refractivity contribution in [1.29, 1.82) is 0 Å². The second-order valence-electron chi connectivity index (χ2n) is 6.70. The summed E-state index contributed by atoms with van der Waals surface area (Å²) in [5, 5.41) is 12.4. The number of hydrogen-bond acceptors (Lipinski definition) is 4. The lowest BCUT2D eigenvalue weighted by Gasteiger charge is -2.33. The van der Waals surface area contributed by atoms with Gasteiger partial charge >= 0.3 is 5.97 Å². The first-order valence-corrected chi connectivity index (χ1v) is 9.42. The number of carboxylic acids is 1. The maximum atomic E-state index is 12.7. The van der Waals surface area contributed by atoms with E-state index in [0.29, 0.717) is 25.2 Å². The maximum Gasteiger partial charge on any atom is 0.306 e. The maximum absolute atomic E-state index is 12.7. The first-order valence-electron chi connectivity index (χ1n) is 8.54. The Morgan fingerprint density at radius 2 is 2.13 bits per heavy atom. The number of carboxylic acid groups (broad SMARTS) is 1. The van der Waals surface area contributed by atoms with E-state index in [9.17, 15) is 9.59 Å². The monoisotopic (exact) mass is 336 g/mol. The fourth-order valence-corrected chi connectivity index (χ4v) is 4.77. The summed E-state index contributed by atoms with van der Waals surface area (Å²) in [6, 6.07) is 0. The Morgan fingerprint density at radius 3 is 2.78 bits per heavy atom. The van der Waals surface area contributed by atoms with Gasteiger partial charge in [0, 0.05) is 30.3 Å². The minimum Gasteiger partial charge on any atom is -0.481 e. The lowest BCUT2D eigenvalue weighted by atomic mass is 9.96. The van der Waals surface area contributed by atoms with Gasteiger partial charge in [-0.2, -0.15) is 0 Å². The topological polar surface area (TPSA) is 70.5 Å². The van der Waals surface area contributed by atoms with Gasteiger partial charge < -0.3 is 10.0 Å². The molecule has 1 aromatic heterocycles. The zero-order valence-corrected chi connectivity index (χ0v) is 14.3. The van der Waals surface area contributed by atoms with Gasteiger partial charge in [-0.15, -0.1) is 11.3 Å². The van der Waals surface area contributed by atoms with Gasteiger partial charge in [-0.25, -0.2) is 4.98 Å². The van der Waals surface area contributed by atoms with Crippen LogP contribution in [0.3, 0.4) is 0 Å². The summed E-state index contributed by atoms with van der Waals surface area (Å²) in [6.45, 7) is 3.65. The highest BCUT2D eigenvalue weighted by Gasteiger charge is 2.37. The Hall–Kier alpha value is -1.43. The Morgan fingerprint density at radius 1 is 1.35 bits per heavy atom. The first kappa shape index (κ1) is 16.4. The van der Waals surface area contributed by atoms with Crippen molar-refractivity contribution in [2.75, 3.05) is 13.1 Å². The Bertz CT molecular complexity index is 586. The average molecular weight is 336 g/mol. The van der Waals surface area contributed by atoms with Gasteiger partial charge in [-0.1, -0.05) is 6.92 Å². The molecular formula is C17H24N2O3S. The van der Waals surface area contributed by atoms with Crippen molar-refractivity contribution in [2.24, 2.45) is 11.8 Å². The zero-order valence-electron chi connectivity index (χ0n) is 13.5. The van der Waals surface area contributed by atoms with Crippen LogP contribution in [0.1, 0.15) is 55.6 Å². The van der Waals surface area contributed by atoms with E-state index in [0.717, 1.165) is 43.1 Å². The molecule has 126 valence electrons. The van der Waals surface area contributed by atoms with Crippen LogP contribution in [0.15, 0.2) is 5.38 Å². The van der Waals surface area contributed by atoms with E-state index >= 15 is 0 Å². The third kappa shape index (κ3) is 3.57. The summed E-state index contributed by atoms with van der Waals surface area (Å²) < 4.78 is 0.